The first-order valence-corrected chi connectivity index (χ1v) is 8.90. The Morgan fingerprint density at radius 3 is 2.70 bits per heavy atom. The van der Waals surface area contributed by atoms with Gasteiger partial charge in [0.1, 0.15) is 6.54 Å². The molecule has 0 radical (unpaired) electrons. The lowest BCUT2D eigenvalue weighted by atomic mass is 9.98. The van der Waals surface area contributed by atoms with Gasteiger partial charge in [0, 0.05) is 27.2 Å². The quantitative estimate of drug-likeness (QED) is 0.648. The van der Waals surface area contributed by atoms with Crippen LogP contribution in [0.25, 0.3) is 11.2 Å². The maximum atomic E-state index is 12.7. The molecule has 1 atom stereocenters. The van der Waals surface area contributed by atoms with Crippen LogP contribution >= 0.6 is 0 Å². The van der Waals surface area contributed by atoms with Crippen LogP contribution in [0.3, 0.4) is 0 Å². The van der Waals surface area contributed by atoms with E-state index in [4.69, 9.17) is 4.74 Å². The average molecular weight is 377 g/mol. The fraction of sp³-hybridized carbons (Fsp3) is 0.588. The summed E-state index contributed by atoms with van der Waals surface area (Å²) < 4.78 is 8.77. The molecule has 3 rings (SSSR count). The number of aryl methyl sites for hydroxylation is 1. The first-order chi connectivity index (χ1) is 12.8. The molecule has 0 N–H and O–H groups in total. The van der Waals surface area contributed by atoms with E-state index in [1.807, 2.05) is 0 Å². The number of esters is 1. The Balaban J connectivity index is 1.83. The van der Waals surface area contributed by atoms with Gasteiger partial charge in [0.05, 0.1) is 18.9 Å². The van der Waals surface area contributed by atoms with Crippen molar-refractivity contribution in [2.75, 3.05) is 19.7 Å². The number of carbonyl (C=O) groups is 2. The highest BCUT2D eigenvalue weighted by molar-refractivity contribution is 5.80. The molecule has 146 valence electrons. The van der Waals surface area contributed by atoms with Gasteiger partial charge in [-0.25, -0.2) is 9.78 Å². The maximum Gasteiger partial charge on any atom is 0.332 e. The van der Waals surface area contributed by atoms with E-state index in [2.05, 4.69) is 4.98 Å². The first-order valence-electron chi connectivity index (χ1n) is 8.90. The van der Waals surface area contributed by atoms with Gasteiger partial charge in [-0.05, 0) is 19.8 Å². The van der Waals surface area contributed by atoms with Crippen molar-refractivity contribution in [2.24, 2.45) is 20.0 Å². The zero-order valence-corrected chi connectivity index (χ0v) is 15.7. The molecule has 3 heterocycles. The summed E-state index contributed by atoms with van der Waals surface area (Å²) >= 11 is 0. The van der Waals surface area contributed by atoms with E-state index < -0.39 is 11.2 Å². The van der Waals surface area contributed by atoms with Crippen molar-refractivity contribution < 1.29 is 14.3 Å². The highest BCUT2D eigenvalue weighted by Crippen LogP contribution is 2.18. The Hall–Kier alpha value is -2.91. The second-order valence-electron chi connectivity index (χ2n) is 6.68. The van der Waals surface area contributed by atoms with Crippen molar-refractivity contribution >= 4 is 23.0 Å². The number of nitrogens with zero attached hydrogens (tertiary/aromatic N) is 5. The van der Waals surface area contributed by atoms with Crippen molar-refractivity contribution in [3.05, 3.63) is 27.2 Å². The molecule has 10 nitrogen and oxygen atoms in total. The number of ether oxygens (including phenoxy) is 1. The molecule has 0 aliphatic carbocycles. The number of piperidine rings is 1. The fourth-order valence-corrected chi connectivity index (χ4v) is 3.42. The normalized spacial score (nSPS) is 17.3. The number of rotatable bonds is 4. The number of carbonyl (C=O) groups excluding carboxylic acids is 2. The van der Waals surface area contributed by atoms with Crippen LogP contribution in [0.4, 0.5) is 0 Å². The van der Waals surface area contributed by atoms with Gasteiger partial charge in [-0.15, -0.1) is 0 Å². The molecule has 10 heteroatoms. The molecule has 0 unspecified atom stereocenters. The molecular formula is C17H23N5O5. The summed E-state index contributed by atoms with van der Waals surface area (Å²) in [6.07, 6.45) is 2.80. The van der Waals surface area contributed by atoms with Crippen LogP contribution in [-0.4, -0.2) is 55.2 Å². The predicted molar refractivity (Wildman–Crippen MR) is 96.2 cm³/mol. The highest BCUT2D eigenvalue weighted by atomic mass is 16.5. The Morgan fingerprint density at radius 2 is 2.00 bits per heavy atom. The third-order valence-corrected chi connectivity index (χ3v) is 4.92. The molecule has 0 aromatic carbocycles. The zero-order valence-electron chi connectivity index (χ0n) is 15.7. The maximum absolute atomic E-state index is 12.7. The summed E-state index contributed by atoms with van der Waals surface area (Å²) in [5.74, 6) is -0.818. The monoisotopic (exact) mass is 377 g/mol. The molecule has 1 aliphatic heterocycles. The molecule has 0 bridgehead atoms. The van der Waals surface area contributed by atoms with E-state index in [1.54, 1.807) is 11.8 Å². The molecule has 0 saturated carbocycles. The lowest BCUT2D eigenvalue weighted by Crippen LogP contribution is -2.44. The van der Waals surface area contributed by atoms with Crippen molar-refractivity contribution in [1.29, 1.82) is 0 Å². The average Bonchev–Trinajstić information content (AvgIpc) is 3.08. The minimum Gasteiger partial charge on any atom is -0.466 e. The largest absolute Gasteiger partial charge is 0.466 e. The topological polar surface area (TPSA) is 108 Å². The van der Waals surface area contributed by atoms with Gasteiger partial charge in [-0.1, -0.05) is 0 Å². The van der Waals surface area contributed by atoms with Crippen LogP contribution in [0.2, 0.25) is 0 Å². The van der Waals surface area contributed by atoms with Gasteiger partial charge in [0.15, 0.2) is 11.2 Å². The predicted octanol–water partition coefficient (Wildman–Crippen LogP) is -0.765. The second-order valence-corrected chi connectivity index (χ2v) is 6.68. The van der Waals surface area contributed by atoms with Crippen molar-refractivity contribution in [2.45, 2.75) is 26.3 Å². The molecule has 27 heavy (non-hydrogen) atoms. The summed E-state index contributed by atoms with van der Waals surface area (Å²) in [7, 11) is 2.91. The molecule has 2 aromatic heterocycles. The molecule has 1 fully saturated rings. The highest BCUT2D eigenvalue weighted by Gasteiger charge is 2.29. The number of likely N-dealkylation sites (tertiary alicyclic amines) is 1. The molecule has 1 amide bonds. The van der Waals surface area contributed by atoms with Crippen LogP contribution in [-0.2, 0) is 35.0 Å². The van der Waals surface area contributed by atoms with Gasteiger partial charge in [-0.3, -0.25) is 23.5 Å². The lowest BCUT2D eigenvalue weighted by molar-refractivity contribution is -0.151. The fourth-order valence-electron chi connectivity index (χ4n) is 3.42. The molecule has 0 spiro atoms. The zero-order chi connectivity index (χ0) is 19.7. The molecular weight excluding hydrogens is 354 g/mol. The standard InChI is InChI=1S/C17H23N5O5/c1-4-27-16(25)11-6-5-7-21(8-11)12(23)9-22-10-18-14-13(22)15(24)20(3)17(26)19(14)2/h10-11H,4-9H2,1-3H3/t11-/m0/s1. The Labute approximate surface area is 155 Å². The summed E-state index contributed by atoms with van der Waals surface area (Å²) in [5.41, 5.74) is -0.537. The Bertz CT molecular complexity index is 1000. The summed E-state index contributed by atoms with van der Waals surface area (Å²) in [6.45, 7) is 2.84. The minimum atomic E-state index is -0.499. The number of aromatic nitrogens is 4. The third kappa shape index (κ3) is 3.38. The van der Waals surface area contributed by atoms with Crippen molar-refractivity contribution in [3.63, 3.8) is 0 Å². The number of hydrogen-bond acceptors (Lipinski definition) is 6. The van der Waals surface area contributed by atoms with Crippen LogP contribution in [0.1, 0.15) is 19.8 Å². The van der Waals surface area contributed by atoms with Gasteiger partial charge in [0.25, 0.3) is 5.56 Å². The Morgan fingerprint density at radius 1 is 1.26 bits per heavy atom. The van der Waals surface area contributed by atoms with E-state index in [-0.39, 0.29) is 35.5 Å². The molecule has 1 aliphatic rings. The summed E-state index contributed by atoms with van der Waals surface area (Å²) in [5, 5.41) is 0. The van der Waals surface area contributed by atoms with Crippen LogP contribution < -0.4 is 11.2 Å². The van der Waals surface area contributed by atoms with E-state index in [0.29, 0.717) is 26.1 Å². The molecule has 2 aromatic rings. The van der Waals surface area contributed by atoms with Gasteiger partial charge >= 0.3 is 11.7 Å². The van der Waals surface area contributed by atoms with Crippen LogP contribution in [0.5, 0.6) is 0 Å². The smallest absolute Gasteiger partial charge is 0.332 e. The number of imidazole rings is 1. The number of hydrogen-bond donors (Lipinski definition) is 0. The Kier molecular flexibility index (Phi) is 5.15. The van der Waals surface area contributed by atoms with Gasteiger partial charge in [0.2, 0.25) is 5.91 Å². The van der Waals surface area contributed by atoms with Gasteiger partial charge in [-0.2, -0.15) is 0 Å². The third-order valence-electron chi connectivity index (χ3n) is 4.92. The van der Waals surface area contributed by atoms with Gasteiger partial charge < -0.3 is 14.2 Å². The van der Waals surface area contributed by atoms with Crippen molar-refractivity contribution in [3.8, 4) is 0 Å². The van der Waals surface area contributed by atoms with Crippen LogP contribution in [0.15, 0.2) is 15.9 Å². The van der Waals surface area contributed by atoms with Crippen molar-refractivity contribution in [1.82, 2.24) is 23.6 Å². The van der Waals surface area contributed by atoms with E-state index in [1.165, 1.54) is 29.6 Å². The second kappa shape index (κ2) is 7.37. The van der Waals surface area contributed by atoms with E-state index in [9.17, 15) is 19.2 Å². The lowest BCUT2D eigenvalue weighted by Gasteiger charge is -2.31. The summed E-state index contributed by atoms with van der Waals surface area (Å²) in [4.78, 5) is 54.9. The van der Waals surface area contributed by atoms with Crippen LogP contribution in [0, 0.1) is 5.92 Å². The minimum absolute atomic E-state index is 0.0838. The number of amides is 1. The number of fused-ring (bicyclic) bond motifs is 1. The van der Waals surface area contributed by atoms with E-state index in [0.717, 1.165) is 11.0 Å². The summed E-state index contributed by atoms with van der Waals surface area (Å²) in [6, 6.07) is 0. The SMILES string of the molecule is CCOC(=O)[C@H]1CCCN(C(=O)Cn2cnc3c2c(=O)n(C)c(=O)n3C)C1. The molecule has 1 saturated heterocycles. The first kappa shape index (κ1) is 18.9. The van der Waals surface area contributed by atoms with E-state index >= 15 is 0 Å².